The second kappa shape index (κ2) is 6.56. The minimum atomic E-state index is -4.58. The number of ether oxygens (including phenoxy) is 2. The molecule has 0 spiro atoms. The molecule has 1 rings (SSSR count). The van der Waals surface area contributed by atoms with Gasteiger partial charge in [0, 0.05) is 5.54 Å². The Morgan fingerprint density at radius 1 is 1.00 bits per heavy atom. The monoisotopic (exact) mass is 255 g/mol. The molecule has 102 valence electrons. The van der Waals surface area contributed by atoms with E-state index in [9.17, 15) is 13.2 Å². The van der Waals surface area contributed by atoms with E-state index in [0.717, 1.165) is 25.7 Å². The number of nitrogens with two attached hydrogens (primary N) is 1. The van der Waals surface area contributed by atoms with Gasteiger partial charge in [0.05, 0.1) is 19.8 Å². The van der Waals surface area contributed by atoms with E-state index in [1.807, 2.05) is 0 Å². The molecule has 0 amide bonds. The van der Waals surface area contributed by atoms with Crippen molar-refractivity contribution in [3.63, 3.8) is 0 Å². The number of alkyl halides is 3. The predicted molar refractivity (Wildman–Crippen MR) is 57.4 cm³/mol. The fourth-order valence-corrected chi connectivity index (χ4v) is 2.07. The standard InChI is InChI=1S/C11H20F3NO2/c12-11(13,14)17-8-7-16-9-10(15)5-3-1-2-4-6-10/h1-9,15H2. The number of hydrogen-bond acceptors (Lipinski definition) is 3. The van der Waals surface area contributed by atoms with Gasteiger partial charge in [-0.25, -0.2) is 0 Å². The van der Waals surface area contributed by atoms with Gasteiger partial charge in [0.15, 0.2) is 0 Å². The molecule has 1 aliphatic carbocycles. The zero-order valence-electron chi connectivity index (χ0n) is 9.89. The summed E-state index contributed by atoms with van der Waals surface area (Å²) in [5, 5.41) is 0. The lowest BCUT2D eigenvalue weighted by Crippen LogP contribution is -2.44. The van der Waals surface area contributed by atoms with Crippen LogP contribution in [0.4, 0.5) is 13.2 Å². The van der Waals surface area contributed by atoms with Crippen molar-refractivity contribution in [2.45, 2.75) is 50.4 Å². The average molecular weight is 255 g/mol. The maximum Gasteiger partial charge on any atom is 0.522 e. The van der Waals surface area contributed by atoms with Crippen molar-refractivity contribution in [1.82, 2.24) is 0 Å². The third-order valence-corrected chi connectivity index (χ3v) is 2.98. The Hall–Kier alpha value is -0.330. The minimum Gasteiger partial charge on any atom is -0.377 e. The van der Waals surface area contributed by atoms with Crippen LogP contribution in [0.15, 0.2) is 0 Å². The van der Waals surface area contributed by atoms with Crippen molar-refractivity contribution in [2.24, 2.45) is 5.73 Å². The lowest BCUT2D eigenvalue weighted by molar-refractivity contribution is -0.327. The molecule has 0 unspecified atom stereocenters. The van der Waals surface area contributed by atoms with Crippen molar-refractivity contribution >= 4 is 0 Å². The van der Waals surface area contributed by atoms with Crippen LogP contribution in [0.3, 0.4) is 0 Å². The maximum absolute atomic E-state index is 11.7. The van der Waals surface area contributed by atoms with Crippen molar-refractivity contribution in [2.75, 3.05) is 19.8 Å². The Balaban J connectivity index is 2.12. The largest absolute Gasteiger partial charge is 0.522 e. The Bertz CT molecular complexity index is 213. The summed E-state index contributed by atoms with van der Waals surface area (Å²) in [7, 11) is 0. The second-order valence-electron chi connectivity index (χ2n) is 4.62. The van der Waals surface area contributed by atoms with Gasteiger partial charge in [0.25, 0.3) is 0 Å². The molecular formula is C11H20F3NO2. The summed E-state index contributed by atoms with van der Waals surface area (Å²) < 4.78 is 43.8. The van der Waals surface area contributed by atoms with Gasteiger partial charge in [-0.2, -0.15) is 0 Å². The molecule has 0 aromatic heterocycles. The fraction of sp³-hybridized carbons (Fsp3) is 1.00. The van der Waals surface area contributed by atoms with Gasteiger partial charge in [-0.05, 0) is 12.8 Å². The lowest BCUT2D eigenvalue weighted by atomic mass is 9.93. The summed E-state index contributed by atoms with van der Waals surface area (Å²) in [6.07, 6.45) is 1.68. The molecule has 0 aromatic rings. The zero-order chi connectivity index (χ0) is 12.8. The van der Waals surface area contributed by atoms with Crippen LogP contribution >= 0.6 is 0 Å². The van der Waals surface area contributed by atoms with Gasteiger partial charge in [-0.3, -0.25) is 4.74 Å². The second-order valence-corrected chi connectivity index (χ2v) is 4.62. The number of hydrogen-bond donors (Lipinski definition) is 1. The normalized spacial score (nSPS) is 21.2. The summed E-state index contributed by atoms with van der Waals surface area (Å²) in [4.78, 5) is 0. The quantitative estimate of drug-likeness (QED) is 0.606. The molecule has 17 heavy (non-hydrogen) atoms. The van der Waals surface area contributed by atoms with Crippen molar-refractivity contribution in [1.29, 1.82) is 0 Å². The highest BCUT2D eigenvalue weighted by Gasteiger charge is 2.29. The van der Waals surface area contributed by atoms with Crippen LogP contribution in [-0.2, 0) is 9.47 Å². The Labute approximate surface area is 99.4 Å². The molecule has 1 saturated carbocycles. The maximum atomic E-state index is 11.7. The molecule has 1 aliphatic rings. The van der Waals surface area contributed by atoms with Crippen LogP contribution in [0.1, 0.15) is 38.5 Å². The third-order valence-electron chi connectivity index (χ3n) is 2.98. The molecule has 2 N–H and O–H groups in total. The minimum absolute atomic E-state index is 0.0710. The Kier molecular flexibility index (Phi) is 5.69. The van der Waals surface area contributed by atoms with Crippen LogP contribution in [0, 0.1) is 0 Å². The summed E-state index contributed by atoms with van der Waals surface area (Å²) in [6.45, 7) is -0.230. The zero-order valence-corrected chi connectivity index (χ0v) is 9.89. The van der Waals surface area contributed by atoms with Gasteiger partial charge in [0.1, 0.15) is 0 Å². The van der Waals surface area contributed by atoms with Crippen LogP contribution in [0.25, 0.3) is 0 Å². The average Bonchev–Trinajstić information content (AvgIpc) is 2.41. The van der Waals surface area contributed by atoms with E-state index in [2.05, 4.69) is 4.74 Å². The topological polar surface area (TPSA) is 44.5 Å². The summed E-state index contributed by atoms with van der Waals surface area (Å²) in [5.74, 6) is 0. The molecule has 0 atom stereocenters. The molecule has 0 aliphatic heterocycles. The first-order valence-corrected chi connectivity index (χ1v) is 5.99. The molecule has 6 heteroatoms. The number of halogens is 3. The first-order valence-electron chi connectivity index (χ1n) is 5.99. The van der Waals surface area contributed by atoms with Crippen LogP contribution in [0.2, 0.25) is 0 Å². The van der Waals surface area contributed by atoms with E-state index in [4.69, 9.17) is 10.5 Å². The molecule has 0 bridgehead atoms. The van der Waals surface area contributed by atoms with Crippen molar-refractivity contribution in [3.8, 4) is 0 Å². The number of rotatable bonds is 5. The van der Waals surface area contributed by atoms with Gasteiger partial charge in [-0.15, -0.1) is 13.2 Å². The van der Waals surface area contributed by atoms with E-state index >= 15 is 0 Å². The molecule has 1 fully saturated rings. The SMILES string of the molecule is NC1(COCCOC(F)(F)F)CCCCCC1. The van der Waals surface area contributed by atoms with Crippen LogP contribution < -0.4 is 5.73 Å². The molecule has 0 heterocycles. The summed E-state index contributed by atoms with van der Waals surface area (Å²) in [5.41, 5.74) is 5.77. The smallest absolute Gasteiger partial charge is 0.377 e. The Morgan fingerprint density at radius 2 is 1.59 bits per heavy atom. The highest BCUT2D eigenvalue weighted by atomic mass is 19.4. The van der Waals surface area contributed by atoms with Gasteiger partial charge >= 0.3 is 6.36 Å². The van der Waals surface area contributed by atoms with E-state index in [-0.39, 0.29) is 12.1 Å². The van der Waals surface area contributed by atoms with E-state index < -0.39 is 13.0 Å². The van der Waals surface area contributed by atoms with Crippen molar-refractivity contribution < 1.29 is 22.6 Å². The first kappa shape index (κ1) is 14.7. The molecule has 0 saturated heterocycles. The van der Waals surface area contributed by atoms with E-state index in [1.54, 1.807) is 0 Å². The molecule has 0 radical (unpaired) electrons. The summed E-state index contributed by atoms with van der Waals surface area (Å²) >= 11 is 0. The van der Waals surface area contributed by atoms with Crippen molar-refractivity contribution in [3.05, 3.63) is 0 Å². The van der Waals surface area contributed by atoms with Gasteiger partial charge < -0.3 is 10.5 Å². The van der Waals surface area contributed by atoms with Gasteiger partial charge in [-0.1, -0.05) is 25.7 Å². The van der Waals surface area contributed by atoms with Crippen LogP contribution in [-0.4, -0.2) is 31.7 Å². The highest BCUT2D eigenvalue weighted by molar-refractivity contribution is 4.85. The first-order chi connectivity index (χ1) is 7.91. The Morgan fingerprint density at radius 3 is 2.12 bits per heavy atom. The predicted octanol–water partition coefficient (Wildman–Crippen LogP) is 2.59. The summed E-state index contributed by atoms with van der Waals surface area (Å²) in [6, 6.07) is 0. The fourth-order valence-electron chi connectivity index (χ4n) is 2.07. The van der Waals surface area contributed by atoms with E-state index in [1.165, 1.54) is 12.8 Å². The van der Waals surface area contributed by atoms with Crippen LogP contribution in [0.5, 0.6) is 0 Å². The van der Waals surface area contributed by atoms with Gasteiger partial charge in [0.2, 0.25) is 0 Å². The molecule has 0 aromatic carbocycles. The lowest BCUT2D eigenvalue weighted by Gasteiger charge is -2.27. The van der Waals surface area contributed by atoms with E-state index in [0.29, 0.717) is 6.61 Å². The highest BCUT2D eigenvalue weighted by Crippen LogP contribution is 2.25. The third kappa shape index (κ3) is 6.85. The molecule has 3 nitrogen and oxygen atoms in total. The molecular weight excluding hydrogens is 235 g/mol.